The van der Waals surface area contributed by atoms with Gasteiger partial charge in [-0.25, -0.2) is 9.78 Å². The topological polar surface area (TPSA) is 136 Å². The number of ether oxygens (including phenoxy) is 3. The van der Waals surface area contributed by atoms with Crippen LogP contribution in [0.2, 0.25) is 0 Å². The van der Waals surface area contributed by atoms with E-state index in [4.69, 9.17) is 14.2 Å². The van der Waals surface area contributed by atoms with Crippen LogP contribution in [-0.2, 0) is 19.1 Å². The molecular weight excluding hydrogens is 588 g/mol. The SMILES string of the molecule is C=C[C@@H]1C[C@]1(NC(=O)[C@@H]1C[C@@H](Oc2nccc3cc(OC)ccc23)CN1C(=O)[C@@H](NC(=O)OC(C)(C)C)C1CCCCC1)C(C)=O. The number of pyridine rings is 1. The average molecular weight is 635 g/mol. The number of hydrogen-bond donors (Lipinski definition) is 2. The molecular formula is C35H46N4O7. The molecule has 11 nitrogen and oxygen atoms in total. The first-order valence-electron chi connectivity index (χ1n) is 16.2. The number of likely N-dealkylation sites (tertiary alicyclic amines) is 1. The van der Waals surface area contributed by atoms with Gasteiger partial charge >= 0.3 is 6.09 Å². The molecule has 0 bridgehead atoms. The Morgan fingerprint density at radius 1 is 1.13 bits per heavy atom. The van der Waals surface area contributed by atoms with E-state index in [2.05, 4.69) is 22.2 Å². The maximum Gasteiger partial charge on any atom is 0.408 e. The van der Waals surface area contributed by atoms with Crippen molar-refractivity contribution in [2.45, 2.75) is 102 Å². The molecule has 3 fully saturated rings. The molecule has 2 aliphatic carbocycles. The maximum atomic E-state index is 14.5. The smallest absolute Gasteiger partial charge is 0.408 e. The van der Waals surface area contributed by atoms with Crippen molar-refractivity contribution in [3.63, 3.8) is 0 Å². The van der Waals surface area contributed by atoms with E-state index in [1.54, 1.807) is 40.2 Å². The minimum absolute atomic E-state index is 0.0995. The highest BCUT2D eigenvalue weighted by atomic mass is 16.6. The van der Waals surface area contributed by atoms with Crippen molar-refractivity contribution in [3.8, 4) is 11.6 Å². The van der Waals surface area contributed by atoms with Crippen LogP contribution in [0.4, 0.5) is 4.79 Å². The number of rotatable bonds is 10. The van der Waals surface area contributed by atoms with Gasteiger partial charge in [0.2, 0.25) is 17.7 Å². The predicted molar refractivity (Wildman–Crippen MR) is 172 cm³/mol. The molecule has 2 N–H and O–H groups in total. The van der Waals surface area contributed by atoms with E-state index >= 15 is 0 Å². The summed E-state index contributed by atoms with van der Waals surface area (Å²) in [5.41, 5.74) is -1.78. The fraction of sp³-hybridized carbons (Fsp3) is 0.571. The van der Waals surface area contributed by atoms with E-state index in [-0.39, 0.29) is 36.5 Å². The van der Waals surface area contributed by atoms with Gasteiger partial charge in [-0.15, -0.1) is 6.58 Å². The molecule has 3 amide bonds. The molecule has 0 spiro atoms. The first kappa shape index (κ1) is 33.2. The maximum absolute atomic E-state index is 14.5. The van der Waals surface area contributed by atoms with Crippen LogP contribution in [0.1, 0.15) is 72.6 Å². The summed E-state index contributed by atoms with van der Waals surface area (Å²) in [4.78, 5) is 60.1. The van der Waals surface area contributed by atoms with E-state index in [0.717, 1.165) is 42.9 Å². The quantitative estimate of drug-likeness (QED) is 0.359. The van der Waals surface area contributed by atoms with Crippen molar-refractivity contribution in [1.82, 2.24) is 20.5 Å². The summed E-state index contributed by atoms with van der Waals surface area (Å²) < 4.78 is 17.3. The van der Waals surface area contributed by atoms with Crippen molar-refractivity contribution in [1.29, 1.82) is 0 Å². The van der Waals surface area contributed by atoms with E-state index in [1.165, 1.54) is 11.8 Å². The number of aromatic nitrogens is 1. The molecule has 0 unspecified atom stereocenters. The number of alkyl carbamates (subject to hydrolysis) is 1. The van der Waals surface area contributed by atoms with Crippen LogP contribution in [0.3, 0.4) is 0 Å². The van der Waals surface area contributed by atoms with Gasteiger partial charge in [0.15, 0.2) is 5.78 Å². The second-order valence-electron chi connectivity index (χ2n) is 13.8. The Balaban J connectivity index is 1.44. The van der Waals surface area contributed by atoms with Gasteiger partial charge in [0.1, 0.15) is 35.1 Å². The third-order valence-corrected chi connectivity index (χ3v) is 9.40. The summed E-state index contributed by atoms with van der Waals surface area (Å²) in [6.45, 7) is 10.7. The molecule has 5 atom stereocenters. The van der Waals surface area contributed by atoms with Crippen LogP contribution in [-0.4, -0.2) is 76.6 Å². The zero-order valence-corrected chi connectivity index (χ0v) is 27.5. The standard InChI is InChI=1S/C35H46N4O7/c1-7-24-19-35(24,21(2)40)38-30(41)28-18-26(45-31-27-14-13-25(44-6)17-23(27)15-16-36-31)20-39(28)32(42)29(22-11-9-8-10-12-22)37-33(43)46-34(3,4)5/h7,13-17,22,24,26,28-29H,1,8-12,18-20H2,2-6H3,(H,37,43)(H,38,41)/t24-,26-,28+,29+,35+/m1/s1. The highest BCUT2D eigenvalue weighted by Crippen LogP contribution is 2.45. The van der Waals surface area contributed by atoms with Gasteiger partial charge in [0, 0.05) is 23.9 Å². The molecule has 46 heavy (non-hydrogen) atoms. The zero-order chi connectivity index (χ0) is 33.2. The molecule has 5 rings (SSSR count). The number of fused-ring (bicyclic) bond motifs is 1. The van der Waals surface area contributed by atoms with Crippen molar-refractivity contribution >= 4 is 34.5 Å². The van der Waals surface area contributed by atoms with E-state index < -0.39 is 41.3 Å². The molecule has 2 heterocycles. The van der Waals surface area contributed by atoms with Crippen LogP contribution in [0.15, 0.2) is 43.1 Å². The van der Waals surface area contributed by atoms with Gasteiger partial charge in [-0.2, -0.15) is 0 Å². The summed E-state index contributed by atoms with van der Waals surface area (Å²) in [6.07, 6.45) is 7.22. The molecule has 2 aromatic rings. The summed E-state index contributed by atoms with van der Waals surface area (Å²) in [5.74, 6) is -0.166. The summed E-state index contributed by atoms with van der Waals surface area (Å²) in [7, 11) is 1.60. The van der Waals surface area contributed by atoms with Crippen molar-refractivity contribution in [3.05, 3.63) is 43.1 Å². The molecule has 1 aliphatic heterocycles. The Kier molecular flexibility index (Phi) is 9.60. The Labute approximate surface area is 270 Å². The molecule has 1 saturated heterocycles. The average Bonchev–Trinajstić information content (AvgIpc) is 3.58. The van der Waals surface area contributed by atoms with Crippen LogP contribution in [0.25, 0.3) is 10.8 Å². The third kappa shape index (κ3) is 7.13. The van der Waals surface area contributed by atoms with Crippen LogP contribution < -0.4 is 20.1 Å². The Hall–Kier alpha value is -4.15. The highest BCUT2D eigenvalue weighted by Gasteiger charge is 2.59. The van der Waals surface area contributed by atoms with E-state index in [9.17, 15) is 19.2 Å². The second kappa shape index (κ2) is 13.3. The third-order valence-electron chi connectivity index (χ3n) is 9.40. The lowest BCUT2D eigenvalue weighted by Gasteiger charge is -2.35. The first-order chi connectivity index (χ1) is 21.8. The monoisotopic (exact) mass is 634 g/mol. The van der Waals surface area contributed by atoms with Crippen LogP contribution >= 0.6 is 0 Å². The Morgan fingerprint density at radius 3 is 2.50 bits per heavy atom. The molecule has 3 aliphatic rings. The molecule has 1 aromatic heterocycles. The molecule has 2 saturated carbocycles. The Morgan fingerprint density at radius 2 is 1.87 bits per heavy atom. The summed E-state index contributed by atoms with van der Waals surface area (Å²) in [5, 5.41) is 7.46. The number of hydrogen-bond acceptors (Lipinski definition) is 8. The van der Waals surface area contributed by atoms with Crippen LogP contribution in [0.5, 0.6) is 11.6 Å². The number of benzene rings is 1. The fourth-order valence-electron chi connectivity index (χ4n) is 6.86. The lowest BCUT2D eigenvalue weighted by molar-refractivity contribution is -0.142. The normalized spacial score (nSPS) is 25.3. The predicted octanol–water partition coefficient (Wildman–Crippen LogP) is 4.72. The number of Topliss-reactive ketones (excluding diaryl/α,β-unsaturated/α-hetero) is 1. The van der Waals surface area contributed by atoms with Gasteiger partial charge < -0.3 is 29.7 Å². The van der Waals surface area contributed by atoms with Crippen LogP contribution in [0, 0.1) is 11.8 Å². The number of methoxy groups -OCH3 is 1. The van der Waals surface area contributed by atoms with Gasteiger partial charge in [-0.3, -0.25) is 14.4 Å². The van der Waals surface area contributed by atoms with Gasteiger partial charge in [0.25, 0.3) is 0 Å². The summed E-state index contributed by atoms with van der Waals surface area (Å²) >= 11 is 0. The van der Waals surface area contributed by atoms with Crippen molar-refractivity contribution in [2.75, 3.05) is 13.7 Å². The van der Waals surface area contributed by atoms with Gasteiger partial charge in [0.05, 0.1) is 13.7 Å². The van der Waals surface area contributed by atoms with Gasteiger partial charge in [-0.1, -0.05) is 25.3 Å². The lowest BCUT2D eigenvalue weighted by Crippen LogP contribution is -2.58. The number of carbonyl (C=O) groups is 4. The largest absolute Gasteiger partial charge is 0.497 e. The molecule has 11 heteroatoms. The number of carbonyl (C=O) groups excluding carboxylic acids is 4. The molecule has 0 radical (unpaired) electrons. The first-order valence-corrected chi connectivity index (χ1v) is 16.2. The summed E-state index contributed by atoms with van der Waals surface area (Å²) in [6, 6.07) is 5.62. The second-order valence-corrected chi connectivity index (χ2v) is 13.8. The Bertz CT molecular complexity index is 1500. The number of nitrogens with one attached hydrogen (secondary N) is 2. The number of nitrogens with zero attached hydrogens (tertiary/aromatic N) is 2. The van der Waals surface area contributed by atoms with E-state index in [1.807, 2.05) is 24.3 Å². The number of amides is 3. The number of ketones is 1. The zero-order valence-electron chi connectivity index (χ0n) is 27.5. The van der Waals surface area contributed by atoms with Gasteiger partial charge in [-0.05, 0) is 82.5 Å². The minimum Gasteiger partial charge on any atom is -0.497 e. The van der Waals surface area contributed by atoms with Crippen molar-refractivity contribution < 1.29 is 33.4 Å². The highest BCUT2D eigenvalue weighted by molar-refractivity contribution is 5.98. The molecule has 1 aromatic carbocycles. The van der Waals surface area contributed by atoms with Crippen molar-refractivity contribution in [2.24, 2.45) is 11.8 Å². The lowest BCUT2D eigenvalue weighted by atomic mass is 9.83. The van der Waals surface area contributed by atoms with E-state index in [0.29, 0.717) is 18.1 Å². The minimum atomic E-state index is -1.03. The fourth-order valence-corrected chi connectivity index (χ4v) is 6.86. The molecule has 248 valence electrons.